The number of hydrogen-bond donors (Lipinski definition) is 1. The highest BCUT2D eigenvalue weighted by Crippen LogP contribution is 2.15. The van der Waals surface area contributed by atoms with Crippen molar-refractivity contribution in [2.24, 2.45) is 0 Å². The standard InChI is InChI=1S/C18H22N6/c1-3-19-12-15-11-17(22-18(1)15)14-24-9-7-23(8-10-24)6-2-16-13-20-4-5-21-16/h1,3-5,11-13,22H,2,6-10,14H2. The van der Waals surface area contributed by atoms with Gasteiger partial charge in [-0.05, 0) is 12.1 Å². The quantitative estimate of drug-likeness (QED) is 0.775. The average molecular weight is 322 g/mol. The molecular formula is C18H22N6. The van der Waals surface area contributed by atoms with Gasteiger partial charge in [0.1, 0.15) is 0 Å². The first-order chi connectivity index (χ1) is 11.9. The highest BCUT2D eigenvalue weighted by molar-refractivity contribution is 5.79. The number of aromatic nitrogens is 4. The Balaban J connectivity index is 1.27. The Morgan fingerprint density at radius 1 is 0.958 bits per heavy atom. The normalized spacial score (nSPS) is 16.7. The number of rotatable bonds is 5. The molecular weight excluding hydrogens is 300 g/mol. The van der Waals surface area contributed by atoms with Crippen molar-refractivity contribution >= 4 is 10.9 Å². The Morgan fingerprint density at radius 3 is 2.58 bits per heavy atom. The minimum Gasteiger partial charge on any atom is -0.357 e. The second-order valence-electron chi connectivity index (χ2n) is 6.32. The third-order valence-electron chi connectivity index (χ3n) is 4.64. The molecule has 1 aliphatic heterocycles. The summed E-state index contributed by atoms with van der Waals surface area (Å²) in [6.07, 6.45) is 10.1. The minimum atomic E-state index is 0.975. The molecule has 0 aromatic carbocycles. The zero-order chi connectivity index (χ0) is 16.2. The predicted molar refractivity (Wildman–Crippen MR) is 93.5 cm³/mol. The van der Waals surface area contributed by atoms with E-state index in [4.69, 9.17) is 0 Å². The Hall–Kier alpha value is -2.31. The second kappa shape index (κ2) is 7.07. The fourth-order valence-corrected chi connectivity index (χ4v) is 3.26. The van der Waals surface area contributed by atoms with Gasteiger partial charge in [0.25, 0.3) is 0 Å². The second-order valence-corrected chi connectivity index (χ2v) is 6.32. The van der Waals surface area contributed by atoms with Gasteiger partial charge in [-0.1, -0.05) is 0 Å². The molecule has 1 aliphatic rings. The first kappa shape index (κ1) is 15.2. The van der Waals surface area contributed by atoms with E-state index in [0.29, 0.717) is 0 Å². The third-order valence-corrected chi connectivity index (χ3v) is 4.64. The fraction of sp³-hybridized carbons (Fsp3) is 0.389. The van der Waals surface area contributed by atoms with Gasteiger partial charge < -0.3 is 9.88 Å². The molecule has 3 aromatic heterocycles. The summed E-state index contributed by atoms with van der Waals surface area (Å²) in [7, 11) is 0. The molecule has 0 radical (unpaired) electrons. The van der Waals surface area contributed by atoms with Crippen molar-refractivity contribution in [3.05, 3.63) is 54.5 Å². The maximum atomic E-state index is 4.35. The minimum absolute atomic E-state index is 0.975. The number of nitrogens with zero attached hydrogens (tertiary/aromatic N) is 5. The van der Waals surface area contributed by atoms with E-state index in [1.165, 1.54) is 16.6 Å². The van der Waals surface area contributed by atoms with Crippen molar-refractivity contribution in [1.82, 2.24) is 29.7 Å². The van der Waals surface area contributed by atoms with Crippen LogP contribution >= 0.6 is 0 Å². The van der Waals surface area contributed by atoms with E-state index in [1.54, 1.807) is 12.4 Å². The van der Waals surface area contributed by atoms with Gasteiger partial charge >= 0.3 is 0 Å². The van der Waals surface area contributed by atoms with Crippen LogP contribution in [-0.2, 0) is 13.0 Å². The number of aromatic amines is 1. The van der Waals surface area contributed by atoms with Crippen molar-refractivity contribution in [2.45, 2.75) is 13.0 Å². The summed E-state index contributed by atoms with van der Waals surface area (Å²) in [5.74, 6) is 0. The number of hydrogen-bond acceptors (Lipinski definition) is 5. The lowest BCUT2D eigenvalue weighted by Gasteiger charge is -2.34. The molecule has 0 bridgehead atoms. The van der Waals surface area contributed by atoms with Crippen LogP contribution in [0, 0.1) is 0 Å². The zero-order valence-corrected chi connectivity index (χ0v) is 13.7. The average Bonchev–Trinajstić information content (AvgIpc) is 3.04. The Labute approximate surface area is 141 Å². The van der Waals surface area contributed by atoms with Crippen LogP contribution in [0.4, 0.5) is 0 Å². The molecule has 3 aromatic rings. The maximum Gasteiger partial charge on any atom is 0.0599 e. The van der Waals surface area contributed by atoms with Crippen LogP contribution in [-0.4, -0.2) is 62.5 Å². The van der Waals surface area contributed by atoms with Crippen molar-refractivity contribution < 1.29 is 0 Å². The number of piperazine rings is 1. The lowest BCUT2D eigenvalue weighted by atomic mass is 10.2. The molecule has 0 atom stereocenters. The Kier molecular flexibility index (Phi) is 4.49. The number of H-pyrrole nitrogens is 1. The molecule has 4 rings (SSSR count). The van der Waals surface area contributed by atoms with Crippen LogP contribution in [0.5, 0.6) is 0 Å². The van der Waals surface area contributed by atoms with E-state index in [2.05, 4.69) is 35.8 Å². The summed E-state index contributed by atoms with van der Waals surface area (Å²) in [5, 5.41) is 1.19. The molecule has 6 heteroatoms. The Morgan fingerprint density at radius 2 is 1.79 bits per heavy atom. The molecule has 1 N–H and O–H groups in total. The number of nitrogens with one attached hydrogen (secondary N) is 1. The summed E-state index contributed by atoms with van der Waals surface area (Å²) in [4.78, 5) is 21.2. The van der Waals surface area contributed by atoms with Gasteiger partial charge in [-0.25, -0.2) is 0 Å². The topological polar surface area (TPSA) is 60.9 Å². The van der Waals surface area contributed by atoms with E-state index < -0.39 is 0 Å². The van der Waals surface area contributed by atoms with Gasteiger partial charge in [0, 0.05) is 93.3 Å². The molecule has 24 heavy (non-hydrogen) atoms. The molecule has 124 valence electrons. The first-order valence-corrected chi connectivity index (χ1v) is 8.48. The Bertz CT molecular complexity index is 743. The number of pyridine rings is 1. The fourth-order valence-electron chi connectivity index (χ4n) is 3.26. The van der Waals surface area contributed by atoms with Crippen molar-refractivity contribution in [1.29, 1.82) is 0 Å². The van der Waals surface area contributed by atoms with E-state index in [1.807, 2.05) is 24.7 Å². The lowest BCUT2D eigenvalue weighted by molar-refractivity contribution is 0.127. The highest BCUT2D eigenvalue weighted by Gasteiger charge is 2.17. The van der Waals surface area contributed by atoms with E-state index in [-0.39, 0.29) is 0 Å². The molecule has 1 saturated heterocycles. The van der Waals surface area contributed by atoms with Gasteiger partial charge in [0.2, 0.25) is 0 Å². The molecule has 4 heterocycles. The van der Waals surface area contributed by atoms with Gasteiger partial charge in [-0.2, -0.15) is 0 Å². The molecule has 1 fully saturated rings. The van der Waals surface area contributed by atoms with E-state index >= 15 is 0 Å². The molecule has 0 unspecified atom stereocenters. The lowest BCUT2D eigenvalue weighted by Crippen LogP contribution is -2.46. The molecule has 6 nitrogen and oxygen atoms in total. The monoisotopic (exact) mass is 322 g/mol. The van der Waals surface area contributed by atoms with Crippen molar-refractivity contribution in [3.8, 4) is 0 Å². The SMILES string of the molecule is c1cnc(CCN2CCN(Cc3cc4cnccc4[nH]3)CC2)cn1. The molecule has 0 aliphatic carbocycles. The van der Waals surface area contributed by atoms with Crippen molar-refractivity contribution in [3.63, 3.8) is 0 Å². The predicted octanol–water partition coefficient (Wildman–Crippen LogP) is 1.71. The van der Waals surface area contributed by atoms with E-state index in [0.717, 1.165) is 51.4 Å². The summed E-state index contributed by atoms with van der Waals surface area (Å²) in [6.45, 7) is 6.48. The third kappa shape index (κ3) is 3.60. The highest BCUT2D eigenvalue weighted by atomic mass is 15.3. The summed E-state index contributed by atoms with van der Waals surface area (Å²) in [5.41, 5.74) is 3.51. The summed E-state index contributed by atoms with van der Waals surface area (Å²) in [6, 6.07) is 4.24. The molecule has 0 spiro atoms. The zero-order valence-electron chi connectivity index (χ0n) is 13.7. The van der Waals surface area contributed by atoms with Crippen molar-refractivity contribution in [2.75, 3.05) is 32.7 Å². The van der Waals surface area contributed by atoms with E-state index in [9.17, 15) is 0 Å². The van der Waals surface area contributed by atoms with Crippen LogP contribution in [0.1, 0.15) is 11.4 Å². The molecule has 0 amide bonds. The van der Waals surface area contributed by atoms with Crippen LogP contribution in [0.25, 0.3) is 10.9 Å². The molecule has 0 saturated carbocycles. The first-order valence-electron chi connectivity index (χ1n) is 8.48. The summed E-state index contributed by atoms with van der Waals surface area (Å²) < 4.78 is 0. The van der Waals surface area contributed by atoms with Gasteiger partial charge in [0.15, 0.2) is 0 Å². The van der Waals surface area contributed by atoms with Gasteiger partial charge in [0.05, 0.1) is 5.69 Å². The van der Waals surface area contributed by atoms with Crippen LogP contribution < -0.4 is 0 Å². The van der Waals surface area contributed by atoms with Crippen LogP contribution in [0.2, 0.25) is 0 Å². The largest absolute Gasteiger partial charge is 0.357 e. The smallest absolute Gasteiger partial charge is 0.0599 e. The van der Waals surface area contributed by atoms with Crippen LogP contribution in [0.15, 0.2) is 43.1 Å². The summed E-state index contributed by atoms with van der Waals surface area (Å²) >= 11 is 0. The van der Waals surface area contributed by atoms with Gasteiger partial charge in [-0.3, -0.25) is 19.9 Å². The maximum absolute atomic E-state index is 4.35. The number of fused-ring (bicyclic) bond motifs is 1. The van der Waals surface area contributed by atoms with Crippen LogP contribution in [0.3, 0.4) is 0 Å². The van der Waals surface area contributed by atoms with Gasteiger partial charge in [-0.15, -0.1) is 0 Å².